The third-order valence-electron chi connectivity index (χ3n) is 5.51. The number of rotatable bonds is 6. The summed E-state index contributed by atoms with van der Waals surface area (Å²) in [4.78, 5) is 8.89. The van der Waals surface area contributed by atoms with Gasteiger partial charge in [0.2, 0.25) is 10.0 Å². The van der Waals surface area contributed by atoms with Crippen molar-refractivity contribution >= 4 is 40.0 Å². The van der Waals surface area contributed by atoms with E-state index in [2.05, 4.69) is 25.8 Å². The zero-order valence-electron chi connectivity index (χ0n) is 18.7. The Balaban J connectivity index is 0.00000341. The van der Waals surface area contributed by atoms with Crippen molar-refractivity contribution in [3.8, 4) is 0 Å². The summed E-state index contributed by atoms with van der Waals surface area (Å²) in [7, 11) is 4.20. The van der Waals surface area contributed by atoms with Crippen LogP contribution in [0, 0.1) is 0 Å². The molecule has 0 atom stereocenters. The van der Waals surface area contributed by atoms with Crippen LogP contribution in [0.15, 0.2) is 52.5 Å². The number of halogens is 1. The Kier molecular flexibility index (Phi) is 9.34. The van der Waals surface area contributed by atoms with Crippen molar-refractivity contribution in [3.05, 3.63) is 53.9 Å². The predicted molar refractivity (Wildman–Crippen MR) is 135 cm³/mol. The van der Waals surface area contributed by atoms with Crippen LogP contribution in [0.25, 0.3) is 0 Å². The van der Waals surface area contributed by atoms with Crippen molar-refractivity contribution in [3.63, 3.8) is 0 Å². The van der Waals surface area contributed by atoms with Gasteiger partial charge in [-0.3, -0.25) is 4.99 Å². The van der Waals surface area contributed by atoms with Crippen molar-refractivity contribution in [2.45, 2.75) is 18.0 Å². The third kappa shape index (κ3) is 6.21. The second kappa shape index (κ2) is 11.3. The number of sulfonamides is 1. The summed E-state index contributed by atoms with van der Waals surface area (Å²) in [5, 5.41) is 3.32. The van der Waals surface area contributed by atoms with Gasteiger partial charge in [0.05, 0.1) is 11.4 Å². The molecular formula is C21H33IN6O2S. The molecule has 1 N–H and O–H groups in total. The molecule has 1 aliphatic rings. The summed E-state index contributed by atoms with van der Waals surface area (Å²) in [5.41, 5.74) is 1.91. The number of hydrogen-bond donors (Lipinski definition) is 1. The molecule has 0 saturated carbocycles. The lowest BCUT2D eigenvalue weighted by Crippen LogP contribution is -2.47. The van der Waals surface area contributed by atoms with E-state index in [1.807, 2.05) is 50.4 Å². The molecule has 172 valence electrons. The smallest absolute Gasteiger partial charge is 0.243 e. The Bertz CT molecular complexity index is 983. The van der Waals surface area contributed by atoms with Gasteiger partial charge >= 0.3 is 0 Å². The normalized spacial score (nSPS) is 16.1. The average Bonchev–Trinajstić information content (AvgIpc) is 3.13. The SMILES string of the molecule is CN=C(NCc1ccccc1S(=O)(=O)N1CCN(C)CC1)N(C)Cc1cccn1C.I. The van der Waals surface area contributed by atoms with E-state index >= 15 is 0 Å². The molecule has 2 heterocycles. The zero-order chi connectivity index (χ0) is 21.7. The van der Waals surface area contributed by atoms with E-state index in [1.54, 1.807) is 23.5 Å². The molecule has 1 saturated heterocycles. The fourth-order valence-corrected chi connectivity index (χ4v) is 5.25. The molecule has 1 aromatic heterocycles. The average molecular weight is 561 g/mol. The van der Waals surface area contributed by atoms with Gasteiger partial charge in [-0.15, -0.1) is 24.0 Å². The number of likely N-dealkylation sites (N-methyl/N-ethyl adjacent to an activating group) is 1. The lowest BCUT2D eigenvalue weighted by Gasteiger charge is -2.32. The maximum absolute atomic E-state index is 13.2. The van der Waals surface area contributed by atoms with Crippen molar-refractivity contribution in [1.82, 2.24) is 24.0 Å². The molecule has 1 aliphatic heterocycles. The minimum absolute atomic E-state index is 0. The summed E-state index contributed by atoms with van der Waals surface area (Å²) in [6.45, 7) is 3.60. The maximum atomic E-state index is 13.2. The van der Waals surface area contributed by atoms with Gasteiger partial charge in [-0.25, -0.2) is 8.42 Å². The van der Waals surface area contributed by atoms with Gasteiger partial charge in [-0.2, -0.15) is 4.31 Å². The van der Waals surface area contributed by atoms with Crippen LogP contribution in [0.5, 0.6) is 0 Å². The molecule has 0 radical (unpaired) electrons. The van der Waals surface area contributed by atoms with Gasteiger partial charge in [0, 0.05) is 65.8 Å². The minimum Gasteiger partial charge on any atom is -0.353 e. The number of guanidine groups is 1. The first-order valence-electron chi connectivity index (χ1n) is 10.1. The standard InChI is InChI=1S/C21H32N6O2S.HI/c1-22-21(26(4)17-19-9-7-11-25(19)3)23-16-18-8-5-6-10-20(18)30(28,29)27-14-12-24(2)13-15-27;/h5-11H,12-17H2,1-4H3,(H,22,23);1H. The molecule has 0 bridgehead atoms. The number of nitrogens with zero attached hydrogens (tertiary/aromatic N) is 5. The summed E-state index contributed by atoms with van der Waals surface area (Å²) in [6, 6.07) is 11.3. The summed E-state index contributed by atoms with van der Waals surface area (Å²) in [5.74, 6) is 0.711. The summed E-state index contributed by atoms with van der Waals surface area (Å²) >= 11 is 0. The Hall–Kier alpha value is -1.63. The quantitative estimate of drug-likeness (QED) is 0.332. The zero-order valence-corrected chi connectivity index (χ0v) is 21.8. The highest BCUT2D eigenvalue weighted by Crippen LogP contribution is 2.21. The van der Waals surface area contributed by atoms with Crippen LogP contribution in [0.3, 0.4) is 0 Å². The van der Waals surface area contributed by atoms with Crippen LogP contribution in [0.4, 0.5) is 0 Å². The minimum atomic E-state index is -3.53. The fourth-order valence-electron chi connectivity index (χ4n) is 3.61. The molecule has 3 rings (SSSR count). The van der Waals surface area contributed by atoms with E-state index in [0.717, 1.165) is 18.7 Å². The fraction of sp³-hybridized carbons (Fsp3) is 0.476. The molecule has 0 amide bonds. The van der Waals surface area contributed by atoms with Crippen LogP contribution in [0.1, 0.15) is 11.3 Å². The van der Waals surface area contributed by atoms with E-state index in [0.29, 0.717) is 37.0 Å². The second-order valence-corrected chi connectivity index (χ2v) is 9.59. The number of nitrogens with one attached hydrogen (secondary N) is 1. The predicted octanol–water partition coefficient (Wildman–Crippen LogP) is 1.79. The first kappa shape index (κ1) is 25.6. The number of benzene rings is 1. The van der Waals surface area contributed by atoms with E-state index in [-0.39, 0.29) is 24.0 Å². The van der Waals surface area contributed by atoms with Crippen molar-refractivity contribution in [2.24, 2.45) is 12.0 Å². The van der Waals surface area contributed by atoms with Crippen LogP contribution < -0.4 is 5.32 Å². The van der Waals surface area contributed by atoms with Gasteiger partial charge in [-0.05, 0) is 30.8 Å². The summed E-state index contributed by atoms with van der Waals surface area (Å²) < 4.78 is 30.2. The highest BCUT2D eigenvalue weighted by Gasteiger charge is 2.29. The largest absolute Gasteiger partial charge is 0.353 e. The molecule has 1 fully saturated rings. The number of hydrogen-bond acceptors (Lipinski definition) is 4. The van der Waals surface area contributed by atoms with Crippen molar-refractivity contribution < 1.29 is 8.42 Å². The van der Waals surface area contributed by atoms with Crippen LogP contribution in [0.2, 0.25) is 0 Å². The second-order valence-electron chi connectivity index (χ2n) is 7.68. The molecule has 1 aromatic carbocycles. The molecule has 8 nitrogen and oxygen atoms in total. The van der Waals surface area contributed by atoms with Gasteiger partial charge in [-0.1, -0.05) is 18.2 Å². The number of aryl methyl sites for hydroxylation is 1. The lowest BCUT2D eigenvalue weighted by molar-refractivity contribution is 0.222. The van der Waals surface area contributed by atoms with E-state index in [9.17, 15) is 8.42 Å². The van der Waals surface area contributed by atoms with Crippen molar-refractivity contribution in [2.75, 3.05) is 47.3 Å². The van der Waals surface area contributed by atoms with Gasteiger partial charge in [0.15, 0.2) is 5.96 Å². The Morgan fingerprint density at radius 3 is 2.39 bits per heavy atom. The topological polar surface area (TPSA) is 73.2 Å². The van der Waals surface area contributed by atoms with Gasteiger partial charge in [0.25, 0.3) is 0 Å². The third-order valence-corrected chi connectivity index (χ3v) is 7.51. The molecule has 0 aliphatic carbocycles. The highest BCUT2D eigenvalue weighted by atomic mass is 127. The Morgan fingerprint density at radius 1 is 1.10 bits per heavy atom. The molecule has 0 unspecified atom stereocenters. The Labute approximate surface area is 203 Å². The number of piperazine rings is 1. The van der Waals surface area contributed by atoms with Gasteiger partial charge < -0.3 is 19.7 Å². The first-order chi connectivity index (χ1) is 14.3. The van der Waals surface area contributed by atoms with Crippen molar-refractivity contribution in [1.29, 1.82) is 0 Å². The van der Waals surface area contributed by atoms with E-state index < -0.39 is 10.0 Å². The number of aliphatic imine (C=N–C) groups is 1. The molecule has 2 aromatic rings. The van der Waals surface area contributed by atoms with Crippen LogP contribution >= 0.6 is 24.0 Å². The van der Waals surface area contributed by atoms with Gasteiger partial charge in [0.1, 0.15) is 0 Å². The molecular weight excluding hydrogens is 527 g/mol. The van der Waals surface area contributed by atoms with E-state index in [4.69, 9.17) is 0 Å². The molecule has 10 heteroatoms. The lowest BCUT2D eigenvalue weighted by atomic mass is 10.2. The molecule has 0 spiro atoms. The van der Waals surface area contributed by atoms with Crippen LogP contribution in [-0.2, 0) is 30.2 Å². The van der Waals surface area contributed by atoms with E-state index in [1.165, 1.54) is 5.69 Å². The Morgan fingerprint density at radius 2 is 1.77 bits per heavy atom. The summed E-state index contributed by atoms with van der Waals surface area (Å²) in [6.07, 6.45) is 2.01. The maximum Gasteiger partial charge on any atom is 0.243 e. The highest BCUT2D eigenvalue weighted by molar-refractivity contribution is 14.0. The molecule has 31 heavy (non-hydrogen) atoms. The van der Waals surface area contributed by atoms with Crippen LogP contribution in [-0.4, -0.2) is 80.4 Å². The number of aromatic nitrogens is 1. The monoisotopic (exact) mass is 560 g/mol. The first-order valence-corrected chi connectivity index (χ1v) is 11.6.